The van der Waals surface area contributed by atoms with E-state index >= 15 is 0 Å². The Morgan fingerprint density at radius 1 is 1.08 bits per heavy atom. The number of alkyl halides is 1. The Balaban J connectivity index is 1.67. The van der Waals surface area contributed by atoms with Gasteiger partial charge >= 0.3 is 0 Å². The molecular weight excluding hydrogens is 332 g/mol. The Hall–Kier alpha value is -2.13. The average molecular weight is 353 g/mol. The van der Waals surface area contributed by atoms with Crippen molar-refractivity contribution in [2.45, 2.75) is 38.1 Å². The Morgan fingerprint density at radius 2 is 1.84 bits per heavy atom. The molecule has 0 saturated carbocycles. The zero-order valence-corrected chi connectivity index (χ0v) is 14.9. The van der Waals surface area contributed by atoms with Gasteiger partial charge < -0.3 is 0 Å². The first kappa shape index (κ1) is 16.3. The quantitative estimate of drug-likeness (QED) is 0.749. The summed E-state index contributed by atoms with van der Waals surface area (Å²) in [5.74, 6) is -0.201. The van der Waals surface area contributed by atoms with Crippen molar-refractivity contribution in [1.29, 1.82) is 0 Å². The minimum Gasteiger partial charge on any atom is -0.272 e. The number of hydrogen-bond donors (Lipinski definition) is 0. The van der Waals surface area contributed by atoms with Gasteiger partial charge in [-0.1, -0.05) is 42.5 Å². The van der Waals surface area contributed by atoms with Gasteiger partial charge in [0.25, 0.3) is 5.91 Å². The fourth-order valence-electron chi connectivity index (χ4n) is 3.82. The molecule has 25 heavy (non-hydrogen) atoms. The first-order valence-corrected chi connectivity index (χ1v) is 9.42. The molecule has 4 rings (SSSR count). The Labute approximate surface area is 153 Å². The number of amides is 1. The normalized spacial score (nSPS) is 19.5. The molecular formula is C21H21ClN2O. The maximum atomic E-state index is 12.3. The second-order valence-electron chi connectivity index (χ2n) is 6.74. The van der Waals surface area contributed by atoms with Crippen molar-refractivity contribution < 1.29 is 4.79 Å². The van der Waals surface area contributed by atoms with Gasteiger partial charge in [0.05, 0.1) is 11.8 Å². The van der Waals surface area contributed by atoms with Crippen molar-refractivity contribution in [3.8, 4) is 0 Å². The number of halogens is 1. The molecule has 2 aromatic carbocycles. The number of hydrazone groups is 1. The summed E-state index contributed by atoms with van der Waals surface area (Å²) in [6, 6.07) is 16.6. The van der Waals surface area contributed by atoms with Gasteiger partial charge in [-0.3, -0.25) is 4.79 Å². The van der Waals surface area contributed by atoms with Gasteiger partial charge in [0.1, 0.15) is 5.88 Å². The maximum Gasteiger partial charge on any atom is 0.258 e. The van der Waals surface area contributed by atoms with Crippen LogP contribution >= 0.6 is 11.6 Å². The van der Waals surface area contributed by atoms with Crippen LogP contribution in [-0.2, 0) is 17.6 Å². The Bertz CT molecular complexity index is 816. The second kappa shape index (κ2) is 7.01. The van der Waals surface area contributed by atoms with E-state index in [2.05, 4.69) is 23.3 Å². The fourth-order valence-corrected chi connectivity index (χ4v) is 3.95. The molecule has 3 nitrogen and oxygen atoms in total. The van der Waals surface area contributed by atoms with E-state index in [1.807, 2.05) is 30.3 Å². The summed E-state index contributed by atoms with van der Waals surface area (Å²) < 4.78 is 0. The van der Waals surface area contributed by atoms with Crippen molar-refractivity contribution in [1.82, 2.24) is 5.01 Å². The molecule has 128 valence electrons. The van der Waals surface area contributed by atoms with Crippen LogP contribution in [0.5, 0.6) is 0 Å². The Kier molecular flexibility index (Phi) is 4.58. The number of carbonyl (C=O) groups excluding carboxylic acids is 1. The molecule has 4 heteroatoms. The molecule has 0 bridgehead atoms. The highest BCUT2D eigenvalue weighted by Gasteiger charge is 2.32. The summed E-state index contributed by atoms with van der Waals surface area (Å²) in [5.41, 5.74) is 6.09. The SMILES string of the molecule is O=C(CCl)N1N=C(c2ccc3c(c2)CCCC3)C[C@H]1c1ccccc1. The van der Waals surface area contributed by atoms with Crippen LogP contribution in [-0.4, -0.2) is 22.5 Å². The first-order chi connectivity index (χ1) is 12.3. The number of fused-ring (bicyclic) bond motifs is 1. The molecule has 1 atom stereocenters. The number of rotatable bonds is 3. The summed E-state index contributed by atoms with van der Waals surface area (Å²) in [7, 11) is 0. The lowest BCUT2D eigenvalue weighted by atomic mass is 9.89. The highest BCUT2D eigenvalue weighted by atomic mass is 35.5. The number of aryl methyl sites for hydroxylation is 2. The van der Waals surface area contributed by atoms with E-state index in [0.717, 1.165) is 29.7 Å². The minimum absolute atomic E-state index is 0.0513. The van der Waals surface area contributed by atoms with Gasteiger partial charge in [-0.2, -0.15) is 5.10 Å². The van der Waals surface area contributed by atoms with Gasteiger partial charge in [0.2, 0.25) is 0 Å². The maximum absolute atomic E-state index is 12.3. The van der Waals surface area contributed by atoms with E-state index in [1.165, 1.54) is 30.4 Å². The van der Waals surface area contributed by atoms with E-state index < -0.39 is 0 Å². The van der Waals surface area contributed by atoms with Gasteiger partial charge in [0, 0.05) is 6.42 Å². The molecule has 0 fully saturated rings. The van der Waals surface area contributed by atoms with Crippen molar-refractivity contribution in [2.75, 3.05) is 5.88 Å². The van der Waals surface area contributed by atoms with Crippen molar-refractivity contribution in [3.63, 3.8) is 0 Å². The monoisotopic (exact) mass is 352 g/mol. The van der Waals surface area contributed by atoms with Gasteiger partial charge in [0.15, 0.2) is 0 Å². The van der Waals surface area contributed by atoms with Crippen LogP contribution in [0.3, 0.4) is 0 Å². The molecule has 1 amide bonds. The smallest absolute Gasteiger partial charge is 0.258 e. The molecule has 0 aromatic heterocycles. The number of carbonyl (C=O) groups is 1. The van der Waals surface area contributed by atoms with E-state index in [-0.39, 0.29) is 17.8 Å². The fraction of sp³-hybridized carbons (Fsp3) is 0.333. The van der Waals surface area contributed by atoms with Crippen molar-refractivity contribution in [3.05, 3.63) is 70.8 Å². The summed E-state index contributed by atoms with van der Waals surface area (Å²) in [6.07, 6.45) is 5.58. The van der Waals surface area contributed by atoms with Gasteiger partial charge in [-0.15, -0.1) is 11.6 Å². The van der Waals surface area contributed by atoms with E-state index in [9.17, 15) is 4.79 Å². The second-order valence-corrected chi connectivity index (χ2v) is 7.01. The van der Waals surface area contributed by atoms with Crippen LogP contribution in [0.25, 0.3) is 0 Å². The largest absolute Gasteiger partial charge is 0.272 e. The molecule has 0 N–H and O–H groups in total. The zero-order valence-electron chi connectivity index (χ0n) is 14.1. The zero-order chi connectivity index (χ0) is 17.2. The molecule has 1 aliphatic carbocycles. The Morgan fingerprint density at radius 3 is 2.60 bits per heavy atom. The number of benzene rings is 2. The third kappa shape index (κ3) is 3.21. The van der Waals surface area contributed by atoms with Crippen molar-refractivity contribution >= 4 is 23.2 Å². The van der Waals surface area contributed by atoms with Crippen LogP contribution in [0.15, 0.2) is 53.6 Å². The lowest BCUT2D eigenvalue weighted by Crippen LogP contribution is -2.27. The molecule has 0 saturated heterocycles. The first-order valence-electron chi connectivity index (χ1n) is 8.89. The summed E-state index contributed by atoms with van der Waals surface area (Å²) in [4.78, 5) is 12.3. The van der Waals surface area contributed by atoms with Crippen LogP contribution in [0.1, 0.15) is 47.6 Å². The van der Waals surface area contributed by atoms with Crippen LogP contribution in [0.4, 0.5) is 0 Å². The molecule has 1 aliphatic heterocycles. The highest BCUT2D eigenvalue weighted by molar-refractivity contribution is 6.27. The lowest BCUT2D eigenvalue weighted by Gasteiger charge is -2.21. The molecule has 0 unspecified atom stereocenters. The van der Waals surface area contributed by atoms with Gasteiger partial charge in [-0.05, 0) is 54.0 Å². The molecule has 2 aromatic rings. The minimum atomic E-state index is -0.150. The molecule has 1 heterocycles. The van der Waals surface area contributed by atoms with E-state index in [1.54, 1.807) is 5.01 Å². The molecule has 0 radical (unpaired) electrons. The lowest BCUT2D eigenvalue weighted by molar-refractivity contribution is -0.130. The number of nitrogens with zero attached hydrogens (tertiary/aromatic N) is 2. The summed E-state index contributed by atoms with van der Waals surface area (Å²) in [5, 5.41) is 6.22. The molecule has 0 spiro atoms. The average Bonchev–Trinajstić information content (AvgIpc) is 3.13. The number of hydrogen-bond acceptors (Lipinski definition) is 2. The third-order valence-corrected chi connectivity index (χ3v) is 5.37. The highest BCUT2D eigenvalue weighted by Crippen LogP contribution is 2.33. The van der Waals surface area contributed by atoms with Crippen LogP contribution in [0.2, 0.25) is 0 Å². The van der Waals surface area contributed by atoms with E-state index in [0.29, 0.717) is 0 Å². The van der Waals surface area contributed by atoms with Crippen LogP contribution in [0, 0.1) is 0 Å². The van der Waals surface area contributed by atoms with Crippen LogP contribution < -0.4 is 0 Å². The van der Waals surface area contributed by atoms with Gasteiger partial charge in [-0.25, -0.2) is 5.01 Å². The van der Waals surface area contributed by atoms with E-state index in [4.69, 9.17) is 11.6 Å². The summed E-state index contributed by atoms with van der Waals surface area (Å²) in [6.45, 7) is 0. The molecule has 2 aliphatic rings. The topological polar surface area (TPSA) is 32.7 Å². The summed E-state index contributed by atoms with van der Waals surface area (Å²) >= 11 is 5.81. The predicted molar refractivity (Wildman–Crippen MR) is 101 cm³/mol. The standard InChI is InChI=1S/C21H21ClN2O/c22-14-21(25)24-20(16-7-2-1-3-8-16)13-19(23-24)18-11-10-15-6-4-5-9-17(15)12-18/h1-3,7-8,10-12,20H,4-6,9,13-14H2/t20-/m0/s1. The van der Waals surface area contributed by atoms with Crippen molar-refractivity contribution in [2.24, 2.45) is 5.10 Å². The third-order valence-electron chi connectivity index (χ3n) is 5.15. The predicted octanol–water partition coefficient (Wildman–Crippen LogP) is 4.48.